The molecular formula is C28H49NaO7S. The minimum Gasteiger partial charge on any atom is -0.748 e. The smallest absolute Gasteiger partial charge is 0.748 e. The van der Waals surface area contributed by atoms with Gasteiger partial charge in [-0.15, -0.1) is 0 Å². The summed E-state index contributed by atoms with van der Waals surface area (Å²) in [6, 6.07) is 4.34. The first-order valence-electron chi connectivity index (χ1n) is 13.8. The Morgan fingerprint density at radius 1 is 0.730 bits per heavy atom. The third-order valence-corrected chi connectivity index (χ3v) is 6.91. The monoisotopic (exact) mass is 552 g/mol. The first-order valence-corrected chi connectivity index (χ1v) is 15.4. The molecule has 0 fully saturated rings. The number of hydrogen-bond donors (Lipinski definition) is 0. The van der Waals surface area contributed by atoms with E-state index in [0.717, 1.165) is 18.6 Å². The quantitative estimate of drug-likeness (QED) is 0.111. The van der Waals surface area contributed by atoms with Gasteiger partial charge in [0.05, 0.1) is 43.2 Å². The molecule has 7 nitrogen and oxygen atoms in total. The van der Waals surface area contributed by atoms with E-state index in [0.29, 0.717) is 59.1 Å². The Balaban J connectivity index is 0.0000130. The van der Waals surface area contributed by atoms with Crippen LogP contribution in [-0.2, 0) is 37.2 Å². The van der Waals surface area contributed by atoms with Gasteiger partial charge < -0.3 is 23.5 Å². The second kappa shape index (κ2) is 23.7. The molecule has 0 N–H and O–H groups in total. The predicted molar refractivity (Wildman–Crippen MR) is 144 cm³/mol. The molecule has 0 atom stereocenters. The fourth-order valence-corrected chi connectivity index (χ4v) is 4.67. The molecule has 1 aromatic carbocycles. The van der Waals surface area contributed by atoms with E-state index in [1.165, 1.54) is 61.6 Å². The van der Waals surface area contributed by atoms with Crippen LogP contribution in [0.2, 0.25) is 0 Å². The van der Waals surface area contributed by atoms with Crippen LogP contribution >= 0.6 is 0 Å². The molecule has 0 unspecified atom stereocenters. The molecule has 0 saturated carbocycles. The van der Waals surface area contributed by atoms with Crippen molar-refractivity contribution in [2.24, 2.45) is 0 Å². The van der Waals surface area contributed by atoms with Gasteiger partial charge in [0, 0.05) is 12.4 Å². The van der Waals surface area contributed by atoms with Crippen LogP contribution in [-0.4, -0.2) is 65.0 Å². The van der Waals surface area contributed by atoms with Crippen LogP contribution in [0.4, 0.5) is 0 Å². The van der Waals surface area contributed by atoms with Crippen molar-refractivity contribution in [1.29, 1.82) is 0 Å². The Hall–Kier alpha value is -0.190. The van der Waals surface area contributed by atoms with Crippen LogP contribution < -0.4 is 34.3 Å². The third-order valence-electron chi connectivity index (χ3n) is 6.12. The largest absolute Gasteiger partial charge is 1.00 e. The van der Waals surface area contributed by atoms with Crippen LogP contribution in [0, 0.1) is 6.92 Å². The SMILES string of the molecule is CCCCCCCCCc1c(C)cc(OCCOCCOCCOCCCCS(=O)(=O)[O-])cc1CC.[Na+]. The molecule has 0 aliphatic rings. The number of hydrogen-bond acceptors (Lipinski definition) is 7. The second-order valence-electron chi connectivity index (χ2n) is 9.26. The Morgan fingerprint density at radius 3 is 1.89 bits per heavy atom. The van der Waals surface area contributed by atoms with E-state index >= 15 is 0 Å². The maximum absolute atomic E-state index is 10.5. The molecule has 1 aromatic rings. The fraction of sp³-hybridized carbons (Fsp3) is 0.786. The standard InChI is InChI=1S/C28H50O7S.Na/c1-4-6-7-8-9-10-11-14-28-25(3)23-27(24-26(28)5-2)35-21-20-34-19-18-33-17-16-32-15-12-13-22-36(29,30)31;/h23-24H,4-22H2,1-3H3,(H,29,30,31);/q;+1/p-1. The Morgan fingerprint density at radius 2 is 1.30 bits per heavy atom. The molecule has 0 bridgehead atoms. The zero-order valence-corrected chi connectivity index (χ0v) is 26.7. The van der Waals surface area contributed by atoms with E-state index in [1.54, 1.807) is 0 Å². The molecule has 0 radical (unpaired) electrons. The number of unbranched alkanes of at least 4 members (excludes halogenated alkanes) is 7. The molecule has 0 heterocycles. The molecular weight excluding hydrogens is 503 g/mol. The van der Waals surface area contributed by atoms with Crippen LogP contribution in [0.15, 0.2) is 12.1 Å². The van der Waals surface area contributed by atoms with E-state index in [1.807, 2.05) is 0 Å². The summed E-state index contributed by atoms with van der Waals surface area (Å²) in [6.45, 7) is 9.93. The van der Waals surface area contributed by atoms with Gasteiger partial charge in [-0.25, -0.2) is 8.42 Å². The summed E-state index contributed by atoms with van der Waals surface area (Å²) in [5, 5.41) is 0. The average Bonchev–Trinajstić information content (AvgIpc) is 2.83. The molecule has 0 saturated heterocycles. The van der Waals surface area contributed by atoms with Crippen LogP contribution in [0.1, 0.15) is 88.3 Å². The maximum Gasteiger partial charge on any atom is 1.00 e. The van der Waals surface area contributed by atoms with Crippen molar-refractivity contribution < 1.29 is 61.5 Å². The van der Waals surface area contributed by atoms with Crippen molar-refractivity contribution in [3.63, 3.8) is 0 Å². The van der Waals surface area contributed by atoms with E-state index < -0.39 is 10.1 Å². The van der Waals surface area contributed by atoms with E-state index in [2.05, 4.69) is 32.9 Å². The Labute approximate surface area is 248 Å². The number of ether oxygens (including phenoxy) is 4. The van der Waals surface area contributed by atoms with Crippen LogP contribution in [0.5, 0.6) is 5.75 Å². The average molecular weight is 553 g/mol. The molecule has 1 rings (SSSR count). The summed E-state index contributed by atoms with van der Waals surface area (Å²) in [7, 11) is -4.12. The number of benzene rings is 1. The molecule has 9 heteroatoms. The summed E-state index contributed by atoms with van der Waals surface area (Å²) in [5.74, 6) is 0.579. The van der Waals surface area contributed by atoms with Crippen molar-refractivity contribution in [1.82, 2.24) is 0 Å². The van der Waals surface area contributed by atoms with Crippen molar-refractivity contribution in [2.75, 3.05) is 52.0 Å². The molecule has 0 spiro atoms. The molecule has 0 aliphatic carbocycles. The minimum absolute atomic E-state index is 0. The van der Waals surface area contributed by atoms with Gasteiger partial charge in [0.1, 0.15) is 12.4 Å². The van der Waals surface area contributed by atoms with Crippen LogP contribution in [0.3, 0.4) is 0 Å². The van der Waals surface area contributed by atoms with Gasteiger partial charge in [-0.3, -0.25) is 0 Å². The minimum atomic E-state index is -4.12. The van der Waals surface area contributed by atoms with Gasteiger partial charge in [0.15, 0.2) is 0 Å². The zero-order valence-electron chi connectivity index (χ0n) is 23.9. The summed E-state index contributed by atoms with van der Waals surface area (Å²) in [5.41, 5.74) is 4.21. The topological polar surface area (TPSA) is 94.1 Å². The molecule has 0 aromatic heterocycles. The van der Waals surface area contributed by atoms with Crippen molar-refractivity contribution in [2.45, 2.75) is 91.4 Å². The van der Waals surface area contributed by atoms with Gasteiger partial charge in [0.25, 0.3) is 0 Å². The van der Waals surface area contributed by atoms with E-state index in [-0.39, 0.29) is 35.3 Å². The molecule has 0 amide bonds. The summed E-state index contributed by atoms with van der Waals surface area (Å²) in [4.78, 5) is 0. The summed E-state index contributed by atoms with van der Waals surface area (Å²) in [6.07, 6.45) is 12.4. The zero-order chi connectivity index (χ0) is 26.5. The molecule has 37 heavy (non-hydrogen) atoms. The molecule has 0 aliphatic heterocycles. The van der Waals surface area contributed by atoms with Gasteiger partial charge in [-0.2, -0.15) is 0 Å². The maximum atomic E-state index is 10.5. The van der Waals surface area contributed by atoms with Gasteiger partial charge in [-0.05, 0) is 67.9 Å². The van der Waals surface area contributed by atoms with E-state index in [4.69, 9.17) is 18.9 Å². The Bertz CT molecular complexity index is 787. The van der Waals surface area contributed by atoms with Gasteiger partial charge in [-0.1, -0.05) is 52.4 Å². The van der Waals surface area contributed by atoms with Crippen molar-refractivity contribution >= 4 is 10.1 Å². The number of rotatable bonds is 24. The van der Waals surface area contributed by atoms with Gasteiger partial charge >= 0.3 is 29.6 Å². The number of aryl methyl sites for hydroxylation is 2. The fourth-order valence-electron chi connectivity index (χ4n) is 4.11. The molecule has 210 valence electrons. The Kier molecular flexibility index (Phi) is 23.6. The first kappa shape index (κ1) is 36.8. The summed E-state index contributed by atoms with van der Waals surface area (Å²) >= 11 is 0. The second-order valence-corrected chi connectivity index (χ2v) is 10.8. The third kappa shape index (κ3) is 20.4. The predicted octanol–water partition coefficient (Wildman–Crippen LogP) is 2.61. The van der Waals surface area contributed by atoms with Crippen molar-refractivity contribution in [3.05, 3.63) is 28.8 Å². The summed E-state index contributed by atoms with van der Waals surface area (Å²) < 4.78 is 53.8. The first-order chi connectivity index (χ1) is 17.4. The van der Waals surface area contributed by atoms with Gasteiger partial charge in [0.2, 0.25) is 0 Å². The van der Waals surface area contributed by atoms with Crippen molar-refractivity contribution in [3.8, 4) is 5.75 Å². The van der Waals surface area contributed by atoms with E-state index in [9.17, 15) is 13.0 Å². The van der Waals surface area contributed by atoms with Crippen LogP contribution in [0.25, 0.3) is 0 Å². The normalized spacial score (nSPS) is 11.5.